The molecule has 0 radical (unpaired) electrons. The predicted molar refractivity (Wildman–Crippen MR) is 165 cm³/mol. The monoisotopic (exact) mass is 553 g/mol. The summed E-state index contributed by atoms with van der Waals surface area (Å²) in [5.74, 6) is 0.565. The van der Waals surface area contributed by atoms with Crippen LogP contribution in [-0.4, -0.2) is 68.7 Å². The first kappa shape index (κ1) is 31.8. The van der Waals surface area contributed by atoms with E-state index in [1.54, 1.807) is 18.0 Å². The molecule has 1 aliphatic rings. The Hall–Kier alpha value is -3.37. The van der Waals surface area contributed by atoms with Crippen molar-refractivity contribution in [3.63, 3.8) is 0 Å². The molecule has 0 saturated carbocycles. The number of primary amides is 1. The van der Waals surface area contributed by atoms with Gasteiger partial charge in [0, 0.05) is 44.5 Å². The number of carbonyl (C=O) groups is 2. The Morgan fingerprint density at radius 2 is 1.95 bits per heavy atom. The van der Waals surface area contributed by atoms with Gasteiger partial charge in [-0.05, 0) is 82.3 Å². The number of thioether (sulfide) groups is 1. The number of hydrogen-bond acceptors (Lipinski definition) is 9. The lowest BCUT2D eigenvalue weighted by atomic mass is 10.1. The Morgan fingerprint density at radius 1 is 1.26 bits per heavy atom. The first-order chi connectivity index (χ1) is 18.6. The Kier molecular flexibility index (Phi) is 13.0. The molecule has 10 heteroatoms. The first-order valence-corrected chi connectivity index (χ1v) is 14.4. The van der Waals surface area contributed by atoms with E-state index in [1.807, 2.05) is 56.6 Å². The summed E-state index contributed by atoms with van der Waals surface area (Å²) in [6.07, 6.45) is 9.76. The number of nitrogens with two attached hydrogens (primary N) is 1. The minimum atomic E-state index is -0.592. The van der Waals surface area contributed by atoms with Crippen molar-refractivity contribution in [2.75, 3.05) is 55.6 Å². The summed E-state index contributed by atoms with van der Waals surface area (Å²) in [6.45, 7) is 8.12. The summed E-state index contributed by atoms with van der Waals surface area (Å²) in [4.78, 5) is 35.4. The van der Waals surface area contributed by atoms with Gasteiger partial charge < -0.3 is 26.2 Å². The predicted octanol–water partition coefficient (Wildman–Crippen LogP) is 4.69. The zero-order valence-corrected chi connectivity index (χ0v) is 25.1. The van der Waals surface area contributed by atoms with Gasteiger partial charge in [0.1, 0.15) is 12.1 Å². The molecule has 1 fully saturated rings. The molecule has 2 aromatic rings. The highest BCUT2D eigenvalue weighted by Gasteiger charge is 2.22. The molecule has 1 saturated heterocycles. The van der Waals surface area contributed by atoms with Crippen molar-refractivity contribution >= 4 is 41.3 Å². The number of aldehydes is 1. The van der Waals surface area contributed by atoms with Gasteiger partial charge in [0.15, 0.2) is 11.5 Å². The Balaban J connectivity index is 0.000000404. The second kappa shape index (κ2) is 15.9. The smallest absolute Gasteiger partial charge is 0.271 e. The van der Waals surface area contributed by atoms with E-state index in [4.69, 9.17) is 10.7 Å². The highest BCUT2D eigenvalue weighted by atomic mass is 32.2. The fraction of sp³-hybridized carbons (Fsp3) is 0.448. The third-order valence-corrected chi connectivity index (χ3v) is 7.36. The van der Waals surface area contributed by atoms with E-state index in [1.165, 1.54) is 11.1 Å². The maximum absolute atomic E-state index is 11.9. The SMILES string of the molecule is CCC(C)=C(C)/C=C(/Nc1nc(N2CCC[C@@H](NC)C2)cnc1C(N)=O)SC.CN(C)c1ccc(C=O)cc1. The van der Waals surface area contributed by atoms with Crippen LogP contribution in [0, 0.1) is 0 Å². The molecule has 1 amide bonds. The summed E-state index contributed by atoms with van der Waals surface area (Å²) in [5, 5.41) is 7.49. The van der Waals surface area contributed by atoms with Crippen LogP contribution in [0.1, 0.15) is 60.9 Å². The summed E-state index contributed by atoms with van der Waals surface area (Å²) in [5.41, 5.74) is 10.0. The molecule has 2 heterocycles. The number of allylic oxidation sites excluding steroid dienone is 3. The summed E-state index contributed by atoms with van der Waals surface area (Å²) in [7, 11) is 5.92. The van der Waals surface area contributed by atoms with Crippen LogP contribution in [0.5, 0.6) is 0 Å². The lowest BCUT2D eigenvalue weighted by molar-refractivity contribution is 0.0995. The average molecular weight is 554 g/mol. The van der Waals surface area contributed by atoms with Crippen molar-refractivity contribution in [2.24, 2.45) is 5.73 Å². The van der Waals surface area contributed by atoms with E-state index < -0.39 is 5.91 Å². The van der Waals surface area contributed by atoms with Gasteiger partial charge in [-0.25, -0.2) is 9.97 Å². The Morgan fingerprint density at radius 3 is 2.49 bits per heavy atom. The van der Waals surface area contributed by atoms with Gasteiger partial charge in [0.05, 0.1) is 11.2 Å². The van der Waals surface area contributed by atoms with Crippen molar-refractivity contribution in [1.82, 2.24) is 15.3 Å². The molecule has 9 nitrogen and oxygen atoms in total. The third kappa shape index (κ3) is 9.71. The number of likely N-dealkylation sites (N-methyl/N-ethyl adjacent to an activating group) is 1. The maximum Gasteiger partial charge on any atom is 0.271 e. The summed E-state index contributed by atoms with van der Waals surface area (Å²) >= 11 is 1.56. The van der Waals surface area contributed by atoms with E-state index in [2.05, 4.69) is 47.4 Å². The van der Waals surface area contributed by atoms with Crippen LogP contribution in [0.2, 0.25) is 0 Å². The van der Waals surface area contributed by atoms with Gasteiger partial charge >= 0.3 is 0 Å². The van der Waals surface area contributed by atoms with Crippen LogP contribution in [-0.2, 0) is 0 Å². The molecule has 1 aliphatic heterocycles. The van der Waals surface area contributed by atoms with Gasteiger partial charge in [0.25, 0.3) is 5.91 Å². The van der Waals surface area contributed by atoms with Crippen LogP contribution in [0.15, 0.2) is 52.7 Å². The zero-order valence-electron chi connectivity index (χ0n) is 24.2. The van der Waals surface area contributed by atoms with Crippen molar-refractivity contribution in [1.29, 1.82) is 0 Å². The molecule has 4 N–H and O–H groups in total. The molecule has 39 heavy (non-hydrogen) atoms. The van der Waals surface area contributed by atoms with Gasteiger partial charge in [-0.15, -0.1) is 11.8 Å². The molecule has 0 spiro atoms. The number of aromatic nitrogens is 2. The molecular formula is C29H43N7O2S. The standard InChI is InChI=1S/C20H32N6OS.C9H11NO/c1-6-13(2)14(3)10-17(28-5)25-20-18(19(21)27)23-11-16(24-20)26-9-7-8-15(12-26)22-4;1-10(2)9-5-3-8(7-11)4-6-9/h10-11,15,22H,6-9,12H2,1-5H3,(H2,21,27)(H,24,25);3-7H,1-2H3/b14-13?,17-10-;/t15-;/m1./s1. The minimum absolute atomic E-state index is 0.153. The number of nitrogens with one attached hydrogen (secondary N) is 2. The summed E-state index contributed by atoms with van der Waals surface area (Å²) in [6, 6.07) is 7.88. The van der Waals surface area contributed by atoms with Crippen molar-refractivity contribution < 1.29 is 9.59 Å². The van der Waals surface area contributed by atoms with Crippen LogP contribution in [0.3, 0.4) is 0 Å². The normalized spacial score (nSPS) is 16.0. The van der Waals surface area contributed by atoms with Crippen LogP contribution >= 0.6 is 11.8 Å². The number of benzene rings is 1. The van der Waals surface area contributed by atoms with Crippen molar-refractivity contribution in [3.05, 3.63) is 64.0 Å². The minimum Gasteiger partial charge on any atom is -0.378 e. The molecule has 3 rings (SSSR count). The van der Waals surface area contributed by atoms with Gasteiger partial charge in [0.2, 0.25) is 0 Å². The number of carbonyl (C=O) groups excluding carboxylic acids is 2. The fourth-order valence-corrected chi connectivity index (χ4v) is 4.43. The molecule has 1 aromatic heterocycles. The number of piperidine rings is 1. The number of nitrogens with zero attached hydrogens (tertiary/aromatic N) is 4. The highest BCUT2D eigenvalue weighted by molar-refractivity contribution is 8.02. The Labute approximate surface area is 237 Å². The number of anilines is 3. The Bertz CT molecular complexity index is 1160. The van der Waals surface area contributed by atoms with E-state index >= 15 is 0 Å². The number of amides is 1. The van der Waals surface area contributed by atoms with E-state index in [0.29, 0.717) is 11.9 Å². The lowest BCUT2D eigenvalue weighted by Gasteiger charge is -2.33. The second-order valence-electron chi connectivity index (χ2n) is 9.62. The van der Waals surface area contributed by atoms with Crippen LogP contribution < -0.4 is 26.2 Å². The first-order valence-electron chi connectivity index (χ1n) is 13.1. The topological polar surface area (TPSA) is 116 Å². The lowest BCUT2D eigenvalue weighted by Crippen LogP contribution is -2.44. The molecule has 212 valence electrons. The van der Waals surface area contributed by atoms with Gasteiger partial charge in [-0.2, -0.15) is 0 Å². The maximum atomic E-state index is 11.9. The number of hydrogen-bond donors (Lipinski definition) is 3. The molecule has 0 bridgehead atoms. The van der Waals surface area contributed by atoms with Crippen molar-refractivity contribution in [2.45, 2.75) is 46.1 Å². The molecular weight excluding hydrogens is 510 g/mol. The number of rotatable bonds is 10. The quantitative estimate of drug-likeness (QED) is 0.284. The van der Waals surface area contributed by atoms with Crippen molar-refractivity contribution in [3.8, 4) is 0 Å². The molecule has 0 unspecified atom stereocenters. The average Bonchev–Trinajstić information content (AvgIpc) is 2.96. The largest absolute Gasteiger partial charge is 0.378 e. The summed E-state index contributed by atoms with van der Waals surface area (Å²) < 4.78 is 0. The van der Waals surface area contributed by atoms with Crippen LogP contribution in [0.25, 0.3) is 0 Å². The van der Waals surface area contributed by atoms with Gasteiger partial charge in [-0.1, -0.05) is 12.5 Å². The molecule has 1 aromatic carbocycles. The second-order valence-corrected chi connectivity index (χ2v) is 10.5. The van der Waals surface area contributed by atoms with E-state index in [0.717, 1.165) is 60.7 Å². The fourth-order valence-electron chi connectivity index (χ4n) is 3.93. The van der Waals surface area contributed by atoms with Gasteiger partial charge in [-0.3, -0.25) is 9.59 Å². The molecule has 0 aliphatic carbocycles. The molecule has 1 atom stereocenters. The third-order valence-electron chi connectivity index (χ3n) is 6.70. The van der Waals surface area contributed by atoms with E-state index in [9.17, 15) is 9.59 Å². The zero-order chi connectivity index (χ0) is 28.9. The highest BCUT2D eigenvalue weighted by Crippen LogP contribution is 2.25. The van der Waals surface area contributed by atoms with E-state index in [-0.39, 0.29) is 5.69 Å². The van der Waals surface area contributed by atoms with Crippen LogP contribution in [0.4, 0.5) is 17.3 Å².